The minimum atomic E-state index is 0.312. The first kappa shape index (κ1) is 15.9. The number of hydrogen-bond acceptors (Lipinski definition) is 3. The van der Waals surface area contributed by atoms with Crippen LogP contribution in [0.2, 0.25) is 0 Å². The van der Waals surface area contributed by atoms with Gasteiger partial charge in [-0.25, -0.2) is 0 Å². The second-order valence-electron chi connectivity index (χ2n) is 7.90. The molecule has 1 aliphatic carbocycles. The lowest BCUT2D eigenvalue weighted by Gasteiger charge is -2.37. The van der Waals surface area contributed by atoms with E-state index in [2.05, 4.69) is 47.2 Å². The SMILES string of the molecule is Cc1cccc(N2CCN(C(=O)C3CC34CCNCC4)CC2)c1C. The highest BCUT2D eigenvalue weighted by molar-refractivity contribution is 5.83. The molecule has 1 amide bonds. The van der Waals surface area contributed by atoms with Gasteiger partial charge in [0.25, 0.3) is 0 Å². The smallest absolute Gasteiger partial charge is 0.226 e. The van der Waals surface area contributed by atoms with Crippen molar-refractivity contribution < 1.29 is 4.79 Å². The van der Waals surface area contributed by atoms with E-state index in [9.17, 15) is 4.79 Å². The maximum absolute atomic E-state index is 12.9. The van der Waals surface area contributed by atoms with Crippen LogP contribution in [0.3, 0.4) is 0 Å². The third kappa shape index (κ3) is 2.71. The van der Waals surface area contributed by atoms with Gasteiger partial charge < -0.3 is 15.1 Å². The van der Waals surface area contributed by atoms with Crippen molar-refractivity contribution in [2.24, 2.45) is 11.3 Å². The van der Waals surface area contributed by atoms with Gasteiger partial charge in [0.1, 0.15) is 0 Å². The Morgan fingerprint density at radius 1 is 1.12 bits per heavy atom. The zero-order chi connectivity index (χ0) is 16.7. The van der Waals surface area contributed by atoms with Gasteiger partial charge in [-0.3, -0.25) is 4.79 Å². The predicted molar refractivity (Wildman–Crippen MR) is 97.4 cm³/mol. The van der Waals surface area contributed by atoms with Crippen LogP contribution >= 0.6 is 0 Å². The summed E-state index contributed by atoms with van der Waals surface area (Å²) in [6.07, 6.45) is 3.50. The van der Waals surface area contributed by atoms with Crippen molar-refractivity contribution in [3.8, 4) is 0 Å². The van der Waals surface area contributed by atoms with Crippen LogP contribution < -0.4 is 10.2 Å². The van der Waals surface area contributed by atoms with Crippen LogP contribution in [0.5, 0.6) is 0 Å². The van der Waals surface area contributed by atoms with Crippen LogP contribution in [0.1, 0.15) is 30.4 Å². The van der Waals surface area contributed by atoms with Crippen LogP contribution in [-0.4, -0.2) is 50.1 Å². The normalized spacial score (nSPS) is 25.8. The van der Waals surface area contributed by atoms with Gasteiger partial charge in [0.05, 0.1) is 0 Å². The monoisotopic (exact) mass is 327 g/mol. The Balaban J connectivity index is 1.36. The van der Waals surface area contributed by atoms with Crippen LogP contribution in [0.4, 0.5) is 5.69 Å². The number of amides is 1. The summed E-state index contributed by atoms with van der Waals surface area (Å²) in [7, 11) is 0. The highest BCUT2D eigenvalue weighted by Crippen LogP contribution is 2.59. The number of carbonyl (C=O) groups excluding carboxylic acids is 1. The van der Waals surface area contributed by atoms with E-state index in [1.807, 2.05) is 0 Å². The van der Waals surface area contributed by atoms with E-state index in [4.69, 9.17) is 0 Å². The number of anilines is 1. The Morgan fingerprint density at radius 2 is 1.83 bits per heavy atom. The second kappa shape index (κ2) is 6.07. The molecule has 24 heavy (non-hydrogen) atoms. The molecule has 1 aromatic rings. The van der Waals surface area contributed by atoms with Gasteiger partial charge in [0.2, 0.25) is 5.91 Å². The van der Waals surface area contributed by atoms with Crippen molar-refractivity contribution in [3.05, 3.63) is 29.3 Å². The molecule has 3 aliphatic rings. The molecule has 0 aromatic heterocycles. The topological polar surface area (TPSA) is 35.6 Å². The first-order valence-corrected chi connectivity index (χ1v) is 9.41. The van der Waals surface area contributed by atoms with Gasteiger partial charge in [-0.2, -0.15) is 0 Å². The number of piperidine rings is 1. The quantitative estimate of drug-likeness (QED) is 0.906. The first-order valence-electron chi connectivity index (χ1n) is 9.41. The highest BCUT2D eigenvalue weighted by atomic mass is 16.2. The van der Waals surface area contributed by atoms with E-state index in [0.29, 0.717) is 17.2 Å². The number of nitrogens with one attached hydrogen (secondary N) is 1. The summed E-state index contributed by atoms with van der Waals surface area (Å²) in [5.74, 6) is 0.740. The van der Waals surface area contributed by atoms with Crippen LogP contribution in [0, 0.1) is 25.2 Å². The van der Waals surface area contributed by atoms with Crippen molar-refractivity contribution in [1.29, 1.82) is 0 Å². The van der Waals surface area contributed by atoms with Crippen molar-refractivity contribution in [2.45, 2.75) is 33.1 Å². The van der Waals surface area contributed by atoms with Crippen LogP contribution in [-0.2, 0) is 4.79 Å². The Labute approximate surface area is 145 Å². The summed E-state index contributed by atoms with van der Waals surface area (Å²) in [6.45, 7) is 10.2. The summed E-state index contributed by atoms with van der Waals surface area (Å²) in [5, 5.41) is 3.42. The Morgan fingerprint density at radius 3 is 2.54 bits per heavy atom. The Bertz CT molecular complexity index is 628. The summed E-state index contributed by atoms with van der Waals surface area (Å²) >= 11 is 0. The number of nitrogens with zero attached hydrogens (tertiary/aromatic N) is 2. The van der Waals surface area contributed by atoms with E-state index in [-0.39, 0.29) is 0 Å². The molecule has 3 fully saturated rings. The molecule has 1 atom stereocenters. The van der Waals surface area contributed by atoms with Crippen LogP contribution in [0.25, 0.3) is 0 Å². The summed E-state index contributed by atoms with van der Waals surface area (Å²) in [4.78, 5) is 17.5. The molecule has 0 bridgehead atoms. The standard InChI is InChI=1S/C20H29N3O/c1-15-4-3-5-18(16(15)2)22-10-12-23(13-11-22)19(24)17-14-20(17)6-8-21-9-7-20/h3-5,17,21H,6-14H2,1-2H3. The molecule has 1 N–H and O–H groups in total. The number of aryl methyl sites for hydroxylation is 1. The van der Waals surface area contributed by atoms with E-state index in [1.54, 1.807) is 0 Å². The van der Waals surface area contributed by atoms with Gasteiger partial charge in [-0.15, -0.1) is 0 Å². The molecule has 4 nitrogen and oxygen atoms in total. The highest BCUT2D eigenvalue weighted by Gasteiger charge is 2.58. The number of rotatable bonds is 2. The lowest BCUT2D eigenvalue weighted by atomic mass is 9.91. The van der Waals surface area contributed by atoms with Crippen molar-refractivity contribution in [3.63, 3.8) is 0 Å². The predicted octanol–water partition coefficient (Wildman–Crippen LogP) is 2.34. The minimum Gasteiger partial charge on any atom is -0.368 e. The average molecular weight is 327 g/mol. The van der Waals surface area contributed by atoms with E-state index < -0.39 is 0 Å². The minimum absolute atomic E-state index is 0.312. The van der Waals surface area contributed by atoms with Gasteiger partial charge in [-0.05, 0) is 68.8 Å². The van der Waals surface area contributed by atoms with Crippen LogP contribution in [0.15, 0.2) is 18.2 Å². The van der Waals surface area contributed by atoms with Gasteiger partial charge in [0, 0.05) is 37.8 Å². The molecule has 1 aromatic carbocycles. The average Bonchev–Trinajstić information content (AvgIpc) is 3.30. The molecule has 4 heteroatoms. The van der Waals surface area contributed by atoms with Gasteiger partial charge >= 0.3 is 0 Å². The number of hydrogen-bond donors (Lipinski definition) is 1. The number of carbonyl (C=O) groups is 1. The van der Waals surface area contributed by atoms with Crippen molar-refractivity contribution >= 4 is 11.6 Å². The molecule has 2 saturated heterocycles. The molecule has 0 radical (unpaired) electrons. The van der Waals surface area contributed by atoms with Crippen molar-refractivity contribution in [2.75, 3.05) is 44.2 Å². The second-order valence-corrected chi connectivity index (χ2v) is 7.90. The molecular weight excluding hydrogens is 298 g/mol. The van der Waals surface area contributed by atoms with E-state index in [0.717, 1.165) is 45.7 Å². The third-order valence-corrected chi connectivity index (χ3v) is 6.60. The van der Waals surface area contributed by atoms with Gasteiger partial charge in [-0.1, -0.05) is 12.1 Å². The van der Waals surface area contributed by atoms with E-state index in [1.165, 1.54) is 29.7 Å². The summed E-state index contributed by atoms with van der Waals surface area (Å²) in [6, 6.07) is 6.52. The molecule has 1 saturated carbocycles. The lowest BCUT2D eigenvalue weighted by Crippen LogP contribution is -2.50. The van der Waals surface area contributed by atoms with Crippen molar-refractivity contribution in [1.82, 2.24) is 10.2 Å². The Hall–Kier alpha value is -1.55. The molecular formula is C20H29N3O. The zero-order valence-corrected chi connectivity index (χ0v) is 15.0. The number of benzene rings is 1. The fourth-order valence-electron chi connectivity index (χ4n) is 4.64. The molecule has 1 unspecified atom stereocenters. The Kier molecular flexibility index (Phi) is 4.03. The number of piperazine rings is 1. The van der Waals surface area contributed by atoms with Gasteiger partial charge in [0.15, 0.2) is 0 Å². The third-order valence-electron chi connectivity index (χ3n) is 6.60. The zero-order valence-electron chi connectivity index (χ0n) is 15.0. The fourth-order valence-corrected chi connectivity index (χ4v) is 4.64. The molecule has 1 spiro atoms. The summed E-state index contributed by atoms with van der Waals surface area (Å²) < 4.78 is 0. The maximum Gasteiger partial charge on any atom is 0.226 e. The molecule has 4 rings (SSSR count). The molecule has 130 valence electrons. The maximum atomic E-state index is 12.9. The first-order chi connectivity index (χ1) is 11.6. The van der Waals surface area contributed by atoms with E-state index >= 15 is 0 Å². The fraction of sp³-hybridized carbons (Fsp3) is 0.650. The summed E-state index contributed by atoms with van der Waals surface area (Å²) in [5.41, 5.74) is 4.40. The molecule has 2 heterocycles. The lowest BCUT2D eigenvalue weighted by molar-refractivity contribution is -0.133. The largest absolute Gasteiger partial charge is 0.368 e. The molecule has 2 aliphatic heterocycles.